The number of hydrogen-bond donors (Lipinski definition) is 1. The van der Waals surface area contributed by atoms with Crippen LogP contribution in [-0.4, -0.2) is 13.2 Å². The molecule has 2 nitrogen and oxygen atoms in total. The largest absolute Gasteiger partial charge is 0.492 e. The van der Waals surface area contributed by atoms with Gasteiger partial charge in [-0.1, -0.05) is 43.0 Å². The van der Waals surface area contributed by atoms with Crippen LogP contribution in [0.15, 0.2) is 12.1 Å². The molecule has 0 saturated heterocycles. The third-order valence-corrected chi connectivity index (χ3v) is 5.35. The molecule has 2 aliphatic rings. The molecule has 0 bridgehead atoms. The first-order valence-corrected chi connectivity index (χ1v) is 8.74. The van der Waals surface area contributed by atoms with E-state index >= 15 is 0 Å². The highest BCUT2D eigenvalue weighted by Crippen LogP contribution is 2.40. The molecule has 21 heavy (non-hydrogen) atoms. The van der Waals surface area contributed by atoms with E-state index in [4.69, 9.17) is 27.9 Å². The number of halogens is 2. The maximum Gasteiger partial charge on any atom is 0.142 e. The second kappa shape index (κ2) is 6.76. The summed E-state index contributed by atoms with van der Waals surface area (Å²) in [6.07, 6.45) is 6.41. The molecule has 1 aliphatic heterocycles. The quantitative estimate of drug-likeness (QED) is 0.820. The van der Waals surface area contributed by atoms with Gasteiger partial charge in [0.1, 0.15) is 5.75 Å². The Hall–Kier alpha value is -0.440. The molecular weight excluding hydrogens is 305 g/mol. The first kappa shape index (κ1) is 15.5. The van der Waals surface area contributed by atoms with Gasteiger partial charge in [-0.25, -0.2) is 0 Å². The Morgan fingerprint density at radius 1 is 1.14 bits per heavy atom. The second-order valence-electron chi connectivity index (χ2n) is 6.53. The van der Waals surface area contributed by atoms with E-state index in [9.17, 15) is 0 Å². The van der Waals surface area contributed by atoms with Crippen molar-refractivity contribution in [2.45, 2.75) is 45.1 Å². The molecule has 3 rings (SSSR count). The minimum atomic E-state index is 0.310. The molecule has 0 aromatic heterocycles. The second-order valence-corrected chi connectivity index (χ2v) is 7.37. The minimum Gasteiger partial charge on any atom is -0.492 e. The maximum absolute atomic E-state index is 6.24. The molecule has 1 aromatic rings. The number of fused-ring (bicyclic) bond motifs is 1. The summed E-state index contributed by atoms with van der Waals surface area (Å²) in [5, 5.41) is 5.02. The van der Waals surface area contributed by atoms with Gasteiger partial charge in [-0.2, -0.15) is 0 Å². The molecule has 1 fully saturated rings. The molecule has 1 unspecified atom stereocenters. The van der Waals surface area contributed by atoms with Gasteiger partial charge in [0, 0.05) is 23.0 Å². The standard InChI is InChI=1S/C17H23Cl2NO/c1-11-2-4-12(5-3-11)10-20-16-6-7-21-17-14(16)8-13(18)9-15(17)19/h8-9,11-12,16,20H,2-7,10H2,1H3. The zero-order chi connectivity index (χ0) is 14.8. The van der Waals surface area contributed by atoms with Crippen molar-refractivity contribution in [2.75, 3.05) is 13.2 Å². The zero-order valence-corrected chi connectivity index (χ0v) is 14.0. The van der Waals surface area contributed by atoms with Crippen LogP contribution in [0.25, 0.3) is 0 Å². The topological polar surface area (TPSA) is 21.3 Å². The number of ether oxygens (including phenoxy) is 1. The summed E-state index contributed by atoms with van der Waals surface area (Å²) < 4.78 is 5.71. The van der Waals surface area contributed by atoms with Crippen LogP contribution in [0, 0.1) is 11.8 Å². The van der Waals surface area contributed by atoms with Gasteiger partial charge in [0.2, 0.25) is 0 Å². The summed E-state index contributed by atoms with van der Waals surface area (Å²) in [7, 11) is 0. The van der Waals surface area contributed by atoms with Crippen LogP contribution in [-0.2, 0) is 0 Å². The van der Waals surface area contributed by atoms with Crippen LogP contribution in [0.4, 0.5) is 0 Å². The number of benzene rings is 1. The van der Waals surface area contributed by atoms with E-state index in [1.807, 2.05) is 6.07 Å². The molecule has 1 saturated carbocycles. The van der Waals surface area contributed by atoms with Crippen LogP contribution in [0.3, 0.4) is 0 Å². The van der Waals surface area contributed by atoms with Crippen LogP contribution in [0.5, 0.6) is 5.75 Å². The number of rotatable bonds is 3. The van der Waals surface area contributed by atoms with E-state index in [1.165, 1.54) is 25.7 Å². The smallest absolute Gasteiger partial charge is 0.142 e. The first-order chi connectivity index (χ1) is 10.1. The highest BCUT2D eigenvalue weighted by atomic mass is 35.5. The van der Waals surface area contributed by atoms with E-state index in [2.05, 4.69) is 12.2 Å². The van der Waals surface area contributed by atoms with Crippen molar-refractivity contribution in [3.8, 4) is 5.75 Å². The van der Waals surface area contributed by atoms with Gasteiger partial charge in [0.05, 0.1) is 11.6 Å². The molecule has 116 valence electrons. The van der Waals surface area contributed by atoms with Gasteiger partial charge in [-0.3, -0.25) is 0 Å². The van der Waals surface area contributed by atoms with Gasteiger partial charge in [-0.15, -0.1) is 0 Å². The monoisotopic (exact) mass is 327 g/mol. The molecule has 0 amide bonds. The Labute approximate surface area is 137 Å². The molecule has 1 N–H and O–H groups in total. The van der Waals surface area contributed by atoms with Crippen LogP contribution < -0.4 is 10.1 Å². The predicted octanol–water partition coefficient (Wildman–Crippen LogP) is 5.23. The highest BCUT2D eigenvalue weighted by molar-refractivity contribution is 6.35. The fourth-order valence-corrected chi connectivity index (χ4v) is 4.04. The van der Waals surface area contributed by atoms with E-state index in [0.717, 1.165) is 36.1 Å². The van der Waals surface area contributed by atoms with Crippen LogP contribution >= 0.6 is 23.2 Å². The van der Waals surface area contributed by atoms with Gasteiger partial charge in [0.25, 0.3) is 0 Å². The SMILES string of the molecule is CC1CCC(CNC2CCOc3c(Cl)cc(Cl)cc32)CC1. The lowest BCUT2D eigenvalue weighted by Gasteiger charge is -2.31. The molecule has 1 heterocycles. The zero-order valence-electron chi connectivity index (χ0n) is 12.5. The fraction of sp³-hybridized carbons (Fsp3) is 0.647. The summed E-state index contributed by atoms with van der Waals surface area (Å²) in [5.41, 5.74) is 1.11. The lowest BCUT2D eigenvalue weighted by Crippen LogP contribution is -2.32. The third kappa shape index (κ3) is 3.67. The van der Waals surface area contributed by atoms with Crippen molar-refractivity contribution in [2.24, 2.45) is 11.8 Å². The average molecular weight is 328 g/mol. The summed E-state index contributed by atoms with van der Waals surface area (Å²) in [4.78, 5) is 0. The summed E-state index contributed by atoms with van der Waals surface area (Å²) >= 11 is 12.4. The molecule has 4 heteroatoms. The van der Waals surface area contributed by atoms with Crippen LogP contribution in [0.1, 0.15) is 50.6 Å². The highest BCUT2D eigenvalue weighted by Gasteiger charge is 2.25. The molecule has 1 aliphatic carbocycles. The number of hydrogen-bond acceptors (Lipinski definition) is 2. The lowest BCUT2D eigenvalue weighted by atomic mass is 9.83. The minimum absolute atomic E-state index is 0.310. The summed E-state index contributed by atoms with van der Waals surface area (Å²) in [6.45, 7) is 4.16. The molecular formula is C17H23Cl2NO. The number of nitrogens with one attached hydrogen (secondary N) is 1. The Balaban J connectivity index is 1.65. The Morgan fingerprint density at radius 2 is 1.90 bits per heavy atom. The van der Waals surface area contributed by atoms with Gasteiger partial charge in [-0.05, 0) is 43.4 Å². The van der Waals surface area contributed by atoms with E-state index in [1.54, 1.807) is 6.07 Å². The molecule has 1 atom stereocenters. The molecule has 1 aromatic carbocycles. The summed E-state index contributed by atoms with van der Waals surface area (Å²) in [5.74, 6) is 2.52. The van der Waals surface area contributed by atoms with Crippen molar-refractivity contribution in [3.05, 3.63) is 27.7 Å². The van der Waals surface area contributed by atoms with E-state index in [0.29, 0.717) is 22.7 Å². The van der Waals surface area contributed by atoms with E-state index < -0.39 is 0 Å². The lowest BCUT2D eigenvalue weighted by molar-refractivity contribution is 0.233. The van der Waals surface area contributed by atoms with Crippen molar-refractivity contribution in [1.29, 1.82) is 0 Å². The normalized spacial score (nSPS) is 28.8. The van der Waals surface area contributed by atoms with Crippen molar-refractivity contribution < 1.29 is 4.74 Å². The third-order valence-electron chi connectivity index (χ3n) is 4.85. The van der Waals surface area contributed by atoms with Crippen molar-refractivity contribution in [3.63, 3.8) is 0 Å². The van der Waals surface area contributed by atoms with Crippen molar-refractivity contribution in [1.82, 2.24) is 5.32 Å². The molecule has 0 spiro atoms. The van der Waals surface area contributed by atoms with Crippen LogP contribution in [0.2, 0.25) is 10.0 Å². The van der Waals surface area contributed by atoms with Crippen molar-refractivity contribution >= 4 is 23.2 Å². The fourth-order valence-electron chi connectivity index (χ4n) is 3.48. The van der Waals surface area contributed by atoms with Gasteiger partial charge >= 0.3 is 0 Å². The van der Waals surface area contributed by atoms with Gasteiger partial charge < -0.3 is 10.1 Å². The Bertz CT molecular complexity index is 498. The summed E-state index contributed by atoms with van der Waals surface area (Å²) in [6, 6.07) is 4.05. The van der Waals surface area contributed by atoms with E-state index in [-0.39, 0.29) is 0 Å². The average Bonchev–Trinajstić information content (AvgIpc) is 2.47. The molecule has 0 radical (unpaired) electrons. The van der Waals surface area contributed by atoms with Gasteiger partial charge in [0.15, 0.2) is 0 Å². The predicted molar refractivity (Wildman–Crippen MR) is 88.4 cm³/mol. The first-order valence-electron chi connectivity index (χ1n) is 7.98. The maximum atomic E-state index is 6.24. The Morgan fingerprint density at radius 3 is 2.67 bits per heavy atom. The Kier molecular flexibility index (Phi) is 4.98.